The first-order chi connectivity index (χ1) is 6.91. The summed E-state index contributed by atoms with van der Waals surface area (Å²) in [4.78, 5) is 0. The number of rotatable bonds is 11. The monoisotopic (exact) mass is 230 g/mol. The Morgan fingerprint density at radius 1 is 0.714 bits per heavy atom. The zero-order valence-electron chi connectivity index (χ0n) is 10.5. The highest BCUT2D eigenvalue weighted by Crippen LogP contribution is 2.10. The fourth-order valence-corrected chi connectivity index (χ4v) is 4.27. The molecular weight excluding hydrogens is 200 g/mol. The van der Waals surface area contributed by atoms with Gasteiger partial charge in [-0.2, -0.15) is 0 Å². The fourth-order valence-electron chi connectivity index (χ4n) is 1.91. The highest BCUT2D eigenvalue weighted by Gasteiger charge is 1.91. The molecule has 0 aromatic carbocycles. The van der Waals surface area contributed by atoms with Gasteiger partial charge in [-0.15, -0.1) is 0 Å². The lowest BCUT2D eigenvalue weighted by atomic mass is 10.1. The van der Waals surface area contributed by atoms with Gasteiger partial charge < -0.3 is 0 Å². The Morgan fingerprint density at radius 3 is 1.57 bits per heavy atom. The van der Waals surface area contributed by atoms with Gasteiger partial charge in [-0.3, -0.25) is 0 Å². The van der Waals surface area contributed by atoms with Crippen LogP contribution in [-0.2, 0) is 0 Å². The van der Waals surface area contributed by atoms with Crippen LogP contribution >= 0.6 is 0 Å². The van der Waals surface area contributed by atoms with Crippen LogP contribution in [0.2, 0.25) is 6.04 Å². The first kappa shape index (κ1) is 14.4. The molecule has 0 aromatic heterocycles. The molecule has 0 rings (SSSR count). The summed E-state index contributed by atoms with van der Waals surface area (Å²) in [6, 6.07) is 1.64. The first-order valence-corrected chi connectivity index (χ1v) is 13.6. The van der Waals surface area contributed by atoms with Crippen LogP contribution < -0.4 is 0 Å². The van der Waals surface area contributed by atoms with Crippen molar-refractivity contribution in [3.8, 4) is 0 Å². The second-order valence-corrected chi connectivity index (χ2v) is 9.24. The Hall–Kier alpha value is 0.434. The lowest BCUT2D eigenvalue weighted by Gasteiger charge is -2.01. The van der Waals surface area contributed by atoms with E-state index in [2.05, 4.69) is 6.92 Å². The molecule has 0 fully saturated rings. The molecule has 0 saturated carbocycles. The summed E-state index contributed by atoms with van der Waals surface area (Å²) in [6.07, 6.45) is 14.9. The summed E-state index contributed by atoms with van der Waals surface area (Å²) in [5.74, 6) is 0. The van der Waals surface area contributed by atoms with E-state index in [0.717, 1.165) is 0 Å². The third-order valence-corrected chi connectivity index (χ3v) is 6.29. The third-order valence-electron chi connectivity index (χ3n) is 2.96. The van der Waals surface area contributed by atoms with Crippen molar-refractivity contribution in [2.24, 2.45) is 0 Å². The van der Waals surface area contributed by atoms with Crippen molar-refractivity contribution in [3.63, 3.8) is 0 Å². The minimum absolute atomic E-state index is 0.499. The Morgan fingerprint density at radius 2 is 1.14 bits per heavy atom. The molecule has 0 unspecified atom stereocenters. The summed E-state index contributed by atoms with van der Waals surface area (Å²) in [7, 11) is 2.05. The van der Waals surface area contributed by atoms with E-state index in [1.807, 2.05) is 0 Å². The second-order valence-electron chi connectivity index (χ2n) is 4.54. The van der Waals surface area contributed by atoms with Crippen LogP contribution in [0.15, 0.2) is 0 Å². The van der Waals surface area contributed by atoms with Crippen molar-refractivity contribution in [2.75, 3.05) is 0 Å². The lowest BCUT2D eigenvalue weighted by Crippen LogP contribution is -1.87. The maximum atomic E-state index is 2.29. The Kier molecular flexibility index (Phi) is 13.8. The quantitative estimate of drug-likeness (QED) is 0.378. The molecule has 0 heterocycles. The first-order valence-electron chi connectivity index (χ1n) is 6.91. The normalized spacial score (nSPS) is 11.8. The van der Waals surface area contributed by atoms with Gasteiger partial charge in [-0.1, -0.05) is 77.2 Å². The summed E-state index contributed by atoms with van der Waals surface area (Å²) in [5.41, 5.74) is 0. The Balaban J connectivity index is 2.78. The summed E-state index contributed by atoms with van der Waals surface area (Å²) in [5, 5.41) is 0. The maximum absolute atomic E-state index is 2.29. The van der Waals surface area contributed by atoms with E-state index < -0.39 is 0 Å². The van der Waals surface area contributed by atoms with E-state index in [9.17, 15) is 0 Å². The van der Waals surface area contributed by atoms with Crippen LogP contribution in [0, 0.1) is 0 Å². The zero-order chi connectivity index (χ0) is 10.5. The lowest BCUT2D eigenvalue weighted by molar-refractivity contribution is 0.562. The van der Waals surface area contributed by atoms with Gasteiger partial charge in [-0.05, 0) is 9.76 Å². The van der Waals surface area contributed by atoms with E-state index in [1.165, 1.54) is 57.8 Å². The van der Waals surface area contributed by atoms with Gasteiger partial charge in [0.15, 0.2) is 0 Å². The molecule has 0 aliphatic carbocycles. The van der Waals surface area contributed by atoms with Gasteiger partial charge >= 0.3 is 0 Å². The predicted molar refractivity (Wildman–Crippen MR) is 75.1 cm³/mol. The second kappa shape index (κ2) is 13.4. The Bertz CT molecular complexity index is 82.3. The van der Waals surface area contributed by atoms with Crippen molar-refractivity contribution in [3.05, 3.63) is 0 Å². The largest absolute Gasteiger partial charge is 0.0655 e. The molecule has 0 bridgehead atoms. The molecular formula is C12H30Si2. The SMILES string of the molecule is CCCCCCCCCCCC[SiH2][SiH3]. The molecule has 0 aliphatic rings. The zero-order valence-corrected chi connectivity index (χ0v) is 13.9. The van der Waals surface area contributed by atoms with Gasteiger partial charge in [-0.25, -0.2) is 0 Å². The molecule has 0 N–H and O–H groups in total. The summed E-state index contributed by atoms with van der Waals surface area (Å²) in [6.45, 7) is 2.29. The van der Waals surface area contributed by atoms with Crippen molar-refractivity contribution in [2.45, 2.75) is 77.2 Å². The van der Waals surface area contributed by atoms with E-state index in [0.29, 0.717) is 9.04 Å². The van der Waals surface area contributed by atoms with E-state index in [-0.39, 0.29) is 0 Å². The molecule has 86 valence electrons. The molecule has 0 amide bonds. The van der Waals surface area contributed by atoms with Gasteiger partial charge in [0.2, 0.25) is 0 Å². The number of hydrogen-bond acceptors (Lipinski definition) is 0. The van der Waals surface area contributed by atoms with Crippen molar-refractivity contribution < 1.29 is 0 Å². The van der Waals surface area contributed by atoms with Gasteiger partial charge in [0, 0.05) is 9.04 Å². The maximum Gasteiger partial charge on any atom is 0.00412 e. The summed E-state index contributed by atoms with van der Waals surface area (Å²) >= 11 is 0. The van der Waals surface area contributed by atoms with E-state index in [4.69, 9.17) is 0 Å². The van der Waals surface area contributed by atoms with E-state index in [1.54, 1.807) is 22.2 Å². The van der Waals surface area contributed by atoms with Crippen LogP contribution in [0.3, 0.4) is 0 Å². The molecule has 0 aliphatic heterocycles. The molecule has 0 radical (unpaired) electrons. The van der Waals surface area contributed by atoms with Gasteiger partial charge in [0.25, 0.3) is 0 Å². The average molecular weight is 231 g/mol. The molecule has 0 aromatic rings. The van der Waals surface area contributed by atoms with E-state index >= 15 is 0 Å². The molecule has 14 heavy (non-hydrogen) atoms. The molecule has 0 atom stereocenters. The van der Waals surface area contributed by atoms with Crippen molar-refractivity contribution in [1.82, 2.24) is 0 Å². The molecule has 0 spiro atoms. The third kappa shape index (κ3) is 12.4. The standard InChI is InChI=1S/C12H30Si2/c1-2-3-4-5-6-7-8-9-10-11-12-14-13/h2-12,14H2,1,13H3. The van der Waals surface area contributed by atoms with Gasteiger partial charge in [0.05, 0.1) is 0 Å². The van der Waals surface area contributed by atoms with Crippen LogP contribution in [-0.4, -0.2) is 18.8 Å². The average Bonchev–Trinajstić information content (AvgIpc) is 2.21. The van der Waals surface area contributed by atoms with Crippen molar-refractivity contribution >= 4 is 18.8 Å². The van der Waals surface area contributed by atoms with Crippen LogP contribution in [0.5, 0.6) is 0 Å². The highest BCUT2D eigenvalue weighted by molar-refractivity contribution is 6.89. The minimum atomic E-state index is 0.499. The topological polar surface area (TPSA) is 0 Å². The van der Waals surface area contributed by atoms with Crippen molar-refractivity contribution in [1.29, 1.82) is 0 Å². The fraction of sp³-hybridized carbons (Fsp3) is 1.00. The molecule has 0 nitrogen and oxygen atoms in total. The number of unbranched alkanes of at least 4 members (excludes halogenated alkanes) is 9. The van der Waals surface area contributed by atoms with Gasteiger partial charge in [0.1, 0.15) is 0 Å². The van der Waals surface area contributed by atoms with Crippen LogP contribution in [0.4, 0.5) is 0 Å². The summed E-state index contributed by atoms with van der Waals surface area (Å²) < 4.78 is 0. The number of hydrogen-bond donors (Lipinski definition) is 0. The smallest absolute Gasteiger partial charge is 0.00412 e. The minimum Gasteiger partial charge on any atom is -0.0655 e. The highest BCUT2D eigenvalue weighted by atomic mass is 29.1. The Labute approximate surface area is 96.3 Å². The predicted octanol–water partition coefficient (Wildman–Crippen LogP) is 2.77. The van der Waals surface area contributed by atoms with Crippen LogP contribution in [0.1, 0.15) is 71.1 Å². The molecule has 0 saturated heterocycles. The molecule has 2 heteroatoms. The van der Waals surface area contributed by atoms with Crippen LogP contribution in [0.25, 0.3) is 0 Å².